The molecule has 0 heterocycles. The number of hydrogen-bond donors (Lipinski definition) is 1. The molecule has 0 bridgehead atoms. The van der Waals surface area contributed by atoms with Gasteiger partial charge in [0.2, 0.25) is 0 Å². The minimum Gasteiger partial charge on any atom is -0.393 e. The summed E-state index contributed by atoms with van der Waals surface area (Å²) in [5.74, 6) is 0. The lowest BCUT2D eigenvalue weighted by Crippen LogP contribution is -2.10. The average Bonchev–Trinajstić information content (AvgIpc) is 2.49. The zero-order valence-corrected chi connectivity index (χ0v) is 35.7. The van der Waals surface area contributed by atoms with Crippen LogP contribution < -0.4 is 0 Å². The number of alkyl halides is 18. The molecule has 19 heteroatoms. The Morgan fingerprint density at radius 2 is 0.395 bits per heavy atom. The van der Waals surface area contributed by atoms with E-state index in [-0.39, 0.29) is 45.3 Å². The van der Waals surface area contributed by atoms with Crippen molar-refractivity contribution in [1.29, 1.82) is 0 Å². The molecular formula is C19H38Cl18O. The number of halogens is 18. The number of hydrogen-bond acceptors (Lipinski definition) is 1. The summed E-state index contributed by atoms with van der Waals surface area (Å²) in [4.78, 5) is -1.78. The van der Waals surface area contributed by atoms with Crippen LogP contribution in [0.2, 0.25) is 0 Å². The van der Waals surface area contributed by atoms with Gasteiger partial charge in [-0.3, -0.25) is 0 Å². The van der Waals surface area contributed by atoms with Crippen LogP contribution in [0.25, 0.3) is 0 Å². The highest BCUT2D eigenvalue weighted by molar-refractivity contribution is 6.48. The number of rotatable bonds is 1. The van der Waals surface area contributed by atoms with Gasteiger partial charge in [0.1, 0.15) is 43.0 Å². The smallest absolute Gasteiger partial charge is 0.138 e. The van der Waals surface area contributed by atoms with E-state index in [1.54, 1.807) is 55.4 Å². The highest BCUT2D eigenvalue weighted by Gasteiger charge is 2.12. The topological polar surface area (TPSA) is 20.2 Å². The summed E-state index contributed by atoms with van der Waals surface area (Å²) < 4.78 is -0.958. The molecule has 246 valence electrons. The molecule has 0 rings (SSSR count). The summed E-state index contributed by atoms with van der Waals surface area (Å²) in [6, 6.07) is 0. The Labute approximate surface area is 322 Å². The predicted molar refractivity (Wildman–Crippen MR) is 197 cm³/mol. The molecule has 0 fully saturated rings. The fraction of sp³-hybridized carbons (Fsp3) is 1.00. The first kappa shape index (κ1) is 65.8. The molecule has 0 saturated carbocycles. The van der Waals surface area contributed by atoms with Crippen LogP contribution in [-0.2, 0) is 0 Å². The van der Waals surface area contributed by atoms with Crippen molar-refractivity contribution in [3.05, 3.63) is 0 Å². The Morgan fingerprint density at radius 1 is 0.368 bits per heavy atom. The quantitative estimate of drug-likeness (QED) is 0.260. The maximum atomic E-state index is 8.14. The highest BCUT2D eigenvalue weighted by Crippen LogP contribution is 2.16. The zero-order chi connectivity index (χ0) is 33.8. The molecule has 1 nitrogen and oxygen atoms in total. The predicted octanol–water partition coefficient (Wildman–Crippen LogP) is 15.7. The van der Waals surface area contributed by atoms with Gasteiger partial charge in [-0.1, -0.05) is 23.2 Å². The lowest BCUT2D eigenvalue weighted by atomic mass is 10.5. The normalized spacial score (nSPS) is 9.47. The highest BCUT2D eigenvalue weighted by atomic mass is 35.6. The summed E-state index contributed by atoms with van der Waals surface area (Å²) in [5.41, 5.74) is 0. The van der Waals surface area contributed by atoms with E-state index >= 15 is 0 Å². The number of aliphatic hydroxyl groups excluding tert-OH is 1. The van der Waals surface area contributed by atoms with Gasteiger partial charge in [-0.05, 0) is 62.3 Å². The van der Waals surface area contributed by atoms with Crippen LogP contribution in [0.15, 0.2) is 0 Å². The third kappa shape index (κ3) is 994. The van der Waals surface area contributed by atoms with Gasteiger partial charge in [0.15, 0.2) is 0 Å². The van der Waals surface area contributed by atoms with Gasteiger partial charge in [0.25, 0.3) is 0 Å². The van der Waals surface area contributed by atoms with Gasteiger partial charge < -0.3 is 5.11 Å². The standard InChI is InChI=1S/C3H6Cl2O.8C2H4Cl2/c1-3(4,5)2-6;8*1-2(3)4/h6H,2H2,1H3;8*2H,1H3. The van der Waals surface area contributed by atoms with Crippen LogP contribution in [0.1, 0.15) is 62.3 Å². The van der Waals surface area contributed by atoms with Crippen molar-refractivity contribution < 1.29 is 5.11 Å². The van der Waals surface area contributed by atoms with Crippen molar-refractivity contribution in [3.63, 3.8) is 0 Å². The van der Waals surface area contributed by atoms with E-state index in [2.05, 4.69) is 0 Å². The van der Waals surface area contributed by atoms with Gasteiger partial charge in [0.05, 0.1) is 6.61 Å². The van der Waals surface area contributed by atoms with Crippen LogP contribution in [0.4, 0.5) is 0 Å². The van der Waals surface area contributed by atoms with Crippen molar-refractivity contribution >= 4 is 209 Å². The van der Waals surface area contributed by atoms with Gasteiger partial charge >= 0.3 is 0 Å². The van der Waals surface area contributed by atoms with Gasteiger partial charge in [-0.25, -0.2) is 0 Å². The van der Waals surface area contributed by atoms with Crippen LogP contribution in [0.5, 0.6) is 0 Å². The molecule has 0 aliphatic rings. The Kier molecular flexibility index (Phi) is 94.6. The maximum Gasteiger partial charge on any atom is 0.138 e. The number of aliphatic hydroxyl groups is 1. The van der Waals surface area contributed by atoms with Gasteiger partial charge in [0, 0.05) is 0 Å². The molecule has 0 aliphatic heterocycles. The van der Waals surface area contributed by atoms with E-state index in [1.165, 1.54) is 6.92 Å². The van der Waals surface area contributed by atoms with Crippen LogP contribution >= 0.6 is 209 Å². The minimum atomic E-state index is -0.958. The first-order chi connectivity index (χ1) is 16.4. The second-order valence-electron chi connectivity index (χ2n) is 5.38. The molecule has 0 radical (unpaired) electrons. The van der Waals surface area contributed by atoms with Crippen LogP contribution in [-0.4, -0.2) is 54.7 Å². The van der Waals surface area contributed by atoms with Crippen LogP contribution in [0, 0.1) is 0 Å². The molecular weight excluding hydrogens is 882 g/mol. The van der Waals surface area contributed by atoms with E-state index in [0.29, 0.717) is 0 Å². The third-order valence-corrected chi connectivity index (χ3v) is 0.517. The molecule has 0 spiro atoms. The molecule has 1 N–H and O–H groups in total. The minimum absolute atomic E-state index is 0.198. The fourth-order valence-electron chi connectivity index (χ4n) is 0. The van der Waals surface area contributed by atoms with Crippen molar-refractivity contribution in [2.24, 2.45) is 0 Å². The van der Waals surface area contributed by atoms with Crippen molar-refractivity contribution in [3.8, 4) is 0 Å². The largest absolute Gasteiger partial charge is 0.393 e. The molecule has 0 aromatic heterocycles. The average molecular weight is 921 g/mol. The van der Waals surface area contributed by atoms with Crippen molar-refractivity contribution in [2.45, 2.75) is 105 Å². The first-order valence-corrected chi connectivity index (χ1v) is 17.4. The van der Waals surface area contributed by atoms with E-state index in [1.807, 2.05) is 0 Å². The van der Waals surface area contributed by atoms with Crippen molar-refractivity contribution in [1.82, 2.24) is 0 Å². The second kappa shape index (κ2) is 54.6. The lowest BCUT2D eigenvalue weighted by Gasteiger charge is -2.04. The molecule has 0 atom stereocenters. The molecule has 0 saturated heterocycles. The summed E-state index contributed by atoms with van der Waals surface area (Å²) in [6.45, 7) is 14.9. The zero-order valence-electron chi connectivity index (χ0n) is 22.1. The van der Waals surface area contributed by atoms with Gasteiger partial charge in [-0.2, -0.15) is 0 Å². The van der Waals surface area contributed by atoms with E-state index in [0.717, 1.165) is 0 Å². The lowest BCUT2D eigenvalue weighted by molar-refractivity contribution is 0.285. The summed E-state index contributed by atoms with van der Waals surface area (Å²) in [5, 5.41) is 8.14. The SMILES string of the molecule is CC(Cl)(Cl)CO.CC(Cl)Cl.CC(Cl)Cl.CC(Cl)Cl.CC(Cl)Cl.CC(Cl)Cl.CC(Cl)Cl.CC(Cl)Cl.CC(Cl)Cl. The van der Waals surface area contributed by atoms with Crippen LogP contribution in [0.3, 0.4) is 0 Å². The van der Waals surface area contributed by atoms with E-state index in [9.17, 15) is 0 Å². The summed E-state index contributed by atoms with van der Waals surface area (Å²) in [7, 11) is 0. The third-order valence-electron chi connectivity index (χ3n) is 0.278. The summed E-state index contributed by atoms with van der Waals surface area (Å²) in [6.07, 6.45) is 0. The Bertz CT molecular complexity index is 231. The molecule has 0 aromatic rings. The van der Waals surface area contributed by atoms with Gasteiger partial charge in [-0.15, -0.1) is 186 Å². The van der Waals surface area contributed by atoms with E-state index in [4.69, 9.17) is 214 Å². The molecule has 0 unspecified atom stereocenters. The first-order valence-electron chi connectivity index (χ1n) is 9.66. The van der Waals surface area contributed by atoms with Crippen molar-refractivity contribution in [2.75, 3.05) is 6.61 Å². The monoisotopic (exact) mass is 912 g/mol. The fourth-order valence-corrected chi connectivity index (χ4v) is 0. The maximum absolute atomic E-state index is 8.14. The molecule has 0 aliphatic carbocycles. The molecule has 38 heavy (non-hydrogen) atoms. The molecule has 0 aromatic carbocycles. The Hall–Kier alpha value is 5.18. The summed E-state index contributed by atoms with van der Waals surface area (Å²) >= 11 is 91.1. The Balaban J connectivity index is -0.0000000357. The Morgan fingerprint density at radius 3 is 0.395 bits per heavy atom. The second-order valence-corrected chi connectivity index (χ2v) is 19.5. The molecule has 0 amide bonds. The van der Waals surface area contributed by atoms with E-state index < -0.39 is 4.33 Å².